The Labute approximate surface area is 469 Å². The van der Waals surface area contributed by atoms with Gasteiger partial charge in [-0.2, -0.15) is 5.26 Å². The topological polar surface area (TPSA) is 349 Å². The minimum atomic E-state index is -0.613. The number of nitrogens with one attached hydrogen (secondary N) is 6. The van der Waals surface area contributed by atoms with Gasteiger partial charge < -0.3 is 71.3 Å². The Balaban J connectivity index is 0.000000552. The van der Waals surface area contributed by atoms with Crippen LogP contribution in [0.15, 0.2) is 35.4 Å². The number of fused-ring (bicyclic) bond motifs is 3. The van der Waals surface area contributed by atoms with Crippen LogP contribution in [0.5, 0.6) is 17.2 Å². The van der Waals surface area contributed by atoms with Crippen LogP contribution in [-0.4, -0.2) is 195 Å². The fourth-order valence-electron chi connectivity index (χ4n) is 9.52. The fourth-order valence-corrected chi connectivity index (χ4v) is 10.4. The molecule has 0 saturated carbocycles. The fraction of sp³-hybridized carbons (Fsp3) is 0.545. The van der Waals surface area contributed by atoms with Crippen LogP contribution in [0.4, 0.5) is 0 Å². The molecule has 7 rings (SSSR count). The van der Waals surface area contributed by atoms with E-state index in [1.54, 1.807) is 19.2 Å². The number of ketones is 2. The zero-order valence-electron chi connectivity index (χ0n) is 46.1. The largest absolute Gasteiger partial charge is 0.507 e. The summed E-state index contributed by atoms with van der Waals surface area (Å²) in [6.07, 6.45) is 2.04. The van der Waals surface area contributed by atoms with Gasteiger partial charge in [-0.3, -0.25) is 38.5 Å². The molecular formula is C55H75N9O15S. The van der Waals surface area contributed by atoms with E-state index in [4.69, 9.17) is 24.1 Å². The van der Waals surface area contributed by atoms with Crippen molar-refractivity contribution in [1.29, 1.82) is 5.26 Å². The quantitative estimate of drug-likeness (QED) is 0.0296. The van der Waals surface area contributed by atoms with Gasteiger partial charge in [-0.05, 0) is 76.7 Å². The van der Waals surface area contributed by atoms with E-state index in [1.807, 2.05) is 20.8 Å². The van der Waals surface area contributed by atoms with Crippen molar-refractivity contribution in [3.8, 4) is 23.3 Å². The number of ether oxygens (including phenoxy) is 4. The van der Waals surface area contributed by atoms with Crippen LogP contribution in [-0.2, 0) is 46.2 Å². The van der Waals surface area contributed by atoms with Crippen molar-refractivity contribution in [1.82, 2.24) is 41.8 Å². The number of amides is 5. The molecule has 0 bridgehead atoms. The first-order valence-corrected chi connectivity index (χ1v) is 27.5. The van der Waals surface area contributed by atoms with E-state index in [9.17, 15) is 54.1 Å². The summed E-state index contributed by atoms with van der Waals surface area (Å²) in [5.41, 5.74) is 0.706. The summed E-state index contributed by atoms with van der Waals surface area (Å²) in [6.45, 7) is 10.1. The molecular weight excluding hydrogens is 1060 g/mol. The molecule has 436 valence electrons. The van der Waals surface area contributed by atoms with Crippen molar-refractivity contribution in [3.05, 3.63) is 75.0 Å². The van der Waals surface area contributed by atoms with Gasteiger partial charge in [0.1, 0.15) is 34.0 Å². The van der Waals surface area contributed by atoms with Gasteiger partial charge in [-0.1, -0.05) is 26.0 Å². The van der Waals surface area contributed by atoms with Gasteiger partial charge in [0.05, 0.1) is 61.3 Å². The summed E-state index contributed by atoms with van der Waals surface area (Å²) >= 11 is 1.36. The lowest BCUT2D eigenvalue weighted by Crippen LogP contribution is -2.57. The van der Waals surface area contributed by atoms with E-state index >= 15 is 0 Å². The van der Waals surface area contributed by atoms with Crippen LogP contribution in [0.2, 0.25) is 0 Å². The Kier molecular flexibility index (Phi) is 25.5. The Morgan fingerprint density at radius 2 is 1.50 bits per heavy atom. The van der Waals surface area contributed by atoms with E-state index in [2.05, 4.69) is 47.9 Å². The highest BCUT2D eigenvalue weighted by Gasteiger charge is 2.41. The van der Waals surface area contributed by atoms with Gasteiger partial charge in [0.15, 0.2) is 12.1 Å². The minimum absolute atomic E-state index is 0.00199. The number of phenolic OH excluding ortho intramolecular Hbond substituents is 2. The molecule has 10 N–H and O–H groups in total. The summed E-state index contributed by atoms with van der Waals surface area (Å²) in [4.78, 5) is 95.4. The molecule has 0 spiro atoms. The van der Waals surface area contributed by atoms with Crippen molar-refractivity contribution >= 4 is 52.9 Å². The van der Waals surface area contributed by atoms with Gasteiger partial charge in [0.25, 0.3) is 5.91 Å². The van der Waals surface area contributed by atoms with Gasteiger partial charge >= 0.3 is 0 Å². The van der Waals surface area contributed by atoms with Gasteiger partial charge in [0, 0.05) is 93.9 Å². The number of methoxy groups -OCH3 is 2. The maximum atomic E-state index is 13.5. The van der Waals surface area contributed by atoms with E-state index in [0.717, 1.165) is 33.2 Å². The van der Waals surface area contributed by atoms with Crippen molar-refractivity contribution in [3.63, 3.8) is 0 Å². The number of rotatable bonds is 22. The van der Waals surface area contributed by atoms with Crippen LogP contribution < -0.4 is 36.6 Å². The second kappa shape index (κ2) is 31.9. The van der Waals surface area contributed by atoms with E-state index in [-0.39, 0.29) is 113 Å². The molecule has 0 radical (unpaired) electrons. The SMILES string of the molecule is CO.COC1CN(C2CCOC(C)C2O)CCO1.COc1cccc2c1C(=O)c1c(O)c3c(c(O)c1C2=O)CC(C(=O)NCCCNCCCNC(=O)CNC(=O)CNC(=O)CCNC(=O)c1ccc(C#N)c(SC(C)C)n1)CC3. The molecule has 3 heterocycles. The Morgan fingerprint density at radius 1 is 0.825 bits per heavy atom. The van der Waals surface area contributed by atoms with Crippen molar-refractivity contribution in [2.45, 2.75) is 101 Å². The van der Waals surface area contributed by atoms with Gasteiger partial charge in [-0.15, -0.1) is 11.8 Å². The minimum Gasteiger partial charge on any atom is -0.507 e. The molecule has 1 aromatic heterocycles. The van der Waals surface area contributed by atoms with E-state index in [0.29, 0.717) is 68.2 Å². The summed E-state index contributed by atoms with van der Waals surface area (Å²) < 4.78 is 21.3. The Bertz CT molecular complexity index is 2720. The molecule has 25 heteroatoms. The molecule has 2 saturated heterocycles. The third-order valence-electron chi connectivity index (χ3n) is 13.6. The predicted molar refractivity (Wildman–Crippen MR) is 292 cm³/mol. The number of phenols is 2. The molecule has 5 unspecified atom stereocenters. The molecule has 2 aliphatic heterocycles. The molecule has 4 aliphatic rings. The van der Waals surface area contributed by atoms with Crippen LogP contribution in [0.1, 0.15) is 112 Å². The van der Waals surface area contributed by atoms with Crippen molar-refractivity contribution < 1.29 is 72.9 Å². The second-order valence-corrected chi connectivity index (χ2v) is 20.9. The lowest BCUT2D eigenvalue weighted by Gasteiger charge is -2.43. The Morgan fingerprint density at radius 3 is 2.19 bits per heavy atom. The molecule has 24 nitrogen and oxygen atoms in total. The molecule has 5 atom stereocenters. The highest BCUT2D eigenvalue weighted by molar-refractivity contribution is 7.99. The number of hydrogen-bond acceptors (Lipinski definition) is 20. The number of nitrogens with zero attached hydrogens (tertiary/aromatic N) is 3. The number of aliphatic hydroxyl groups is 2. The van der Waals surface area contributed by atoms with Crippen LogP contribution in [0.3, 0.4) is 0 Å². The number of pyridine rings is 1. The van der Waals surface area contributed by atoms with E-state index < -0.39 is 53.0 Å². The van der Waals surface area contributed by atoms with Gasteiger partial charge in [-0.25, -0.2) is 4.98 Å². The number of benzene rings is 2. The highest BCUT2D eigenvalue weighted by atomic mass is 32.2. The lowest BCUT2D eigenvalue weighted by atomic mass is 9.75. The van der Waals surface area contributed by atoms with Crippen molar-refractivity contribution in [2.75, 3.05) is 93.4 Å². The summed E-state index contributed by atoms with van der Waals surface area (Å²) in [7, 11) is 4.03. The van der Waals surface area contributed by atoms with Crippen LogP contribution in [0, 0.1) is 17.2 Å². The van der Waals surface area contributed by atoms with Crippen LogP contribution >= 0.6 is 11.8 Å². The molecule has 5 amide bonds. The number of aromatic hydroxyl groups is 2. The first-order chi connectivity index (χ1) is 38.5. The van der Waals surface area contributed by atoms with E-state index in [1.165, 1.54) is 37.1 Å². The average Bonchev–Trinajstić information content (AvgIpc) is 3.49. The monoisotopic (exact) mass is 1130 g/mol. The number of carbonyl (C=O) groups is 7. The Hall–Kier alpha value is -6.76. The van der Waals surface area contributed by atoms with Crippen molar-refractivity contribution in [2.24, 2.45) is 5.92 Å². The normalized spacial score (nSPS) is 19.2. The van der Waals surface area contributed by atoms with Crippen LogP contribution in [0.25, 0.3) is 0 Å². The molecule has 2 fully saturated rings. The molecule has 80 heavy (non-hydrogen) atoms. The third-order valence-corrected chi connectivity index (χ3v) is 14.6. The number of morpholine rings is 1. The highest BCUT2D eigenvalue weighted by Crippen LogP contribution is 2.47. The first kappa shape index (κ1) is 64.1. The number of aliphatic hydroxyl groups excluding tert-OH is 2. The molecule has 2 aromatic carbocycles. The maximum absolute atomic E-state index is 13.5. The lowest BCUT2D eigenvalue weighted by molar-refractivity contribution is -0.190. The summed E-state index contributed by atoms with van der Waals surface area (Å²) in [5.74, 6) is -4.45. The average molecular weight is 1130 g/mol. The smallest absolute Gasteiger partial charge is 0.269 e. The van der Waals surface area contributed by atoms with Gasteiger partial charge in [0.2, 0.25) is 29.4 Å². The molecule has 2 aliphatic carbocycles. The number of thioether (sulfide) groups is 1. The summed E-state index contributed by atoms with van der Waals surface area (Å²) in [6, 6.07) is 9.77. The zero-order valence-corrected chi connectivity index (χ0v) is 46.9. The maximum Gasteiger partial charge on any atom is 0.269 e. The number of carbonyl (C=O) groups excluding carboxylic acids is 7. The number of hydrogen-bond donors (Lipinski definition) is 10. The first-order valence-electron chi connectivity index (χ1n) is 26.6. The number of nitriles is 1. The number of aromatic nitrogens is 1. The third kappa shape index (κ3) is 17.1. The zero-order chi connectivity index (χ0) is 58.5. The summed E-state index contributed by atoms with van der Waals surface area (Å²) in [5, 5.41) is 65.7. The second-order valence-electron chi connectivity index (χ2n) is 19.3. The molecule has 3 aromatic rings. The standard InChI is InChI=1S/C43H50N8O10S.C11H21NO4.CH4O/c1-23(2)62-43-25(20-44)10-12-29(51-43)42(60)48-18-13-31(52)49-22-33(54)50-21-32(53)46-16-5-14-45-15-6-17-47-41(59)24-9-11-26-28(19-24)39(57)35-36(37(26)55)40(58)34-27(38(35)56)7-4-8-30(34)61-3;1-8-11(13)9(3-5-15-8)12-4-6-16-10(7-12)14-2;1-2/h4,7-8,10,12,23-24,45,55,57H,5-6,9,11,13-19,21-22H2,1-3H3,(H,46,53)(H,47,59)(H,48,60)(H,49,52)(H,50,54);8-11,13H,3-7H2,1-2H3;2H,1H3. The predicted octanol–water partition coefficient (Wildman–Crippen LogP) is 0.846.